The highest BCUT2D eigenvalue weighted by atomic mass is 16.6. The summed E-state index contributed by atoms with van der Waals surface area (Å²) >= 11 is 0. The summed E-state index contributed by atoms with van der Waals surface area (Å²) in [5, 5.41) is 3.93. The van der Waals surface area contributed by atoms with Crippen molar-refractivity contribution in [1.82, 2.24) is 10.7 Å². The van der Waals surface area contributed by atoms with Crippen molar-refractivity contribution in [2.75, 3.05) is 18.7 Å². The van der Waals surface area contributed by atoms with Crippen molar-refractivity contribution in [2.45, 2.75) is 59.1 Å². The van der Waals surface area contributed by atoms with Crippen LogP contribution >= 0.6 is 0 Å². The summed E-state index contributed by atoms with van der Waals surface area (Å²) in [7, 11) is 1.29. The van der Waals surface area contributed by atoms with Crippen molar-refractivity contribution in [3.05, 3.63) is 56.3 Å². The topological polar surface area (TPSA) is 114 Å². The van der Waals surface area contributed by atoms with Gasteiger partial charge in [0.2, 0.25) is 0 Å². The molecule has 0 spiro atoms. The molecular formula is C24H33N3O6. The van der Waals surface area contributed by atoms with E-state index >= 15 is 0 Å². The molecule has 2 aromatic rings. The molecular weight excluding hydrogens is 426 g/mol. The number of nitrogens with one attached hydrogen (secondary N) is 2. The van der Waals surface area contributed by atoms with Crippen molar-refractivity contribution >= 4 is 17.7 Å². The molecule has 0 aromatic heterocycles. The Bertz CT molecular complexity index is 1020. The molecule has 33 heavy (non-hydrogen) atoms. The number of hydrogen-bond donors (Lipinski definition) is 2. The summed E-state index contributed by atoms with van der Waals surface area (Å²) in [6.45, 7) is 9.25. The van der Waals surface area contributed by atoms with E-state index in [1.54, 1.807) is 20.8 Å². The highest BCUT2D eigenvalue weighted by Crippen LogP contribution is 2.21. The molecule has 0 fully saturated rings. The van der Waals surface area contributed by atoms with Crippen LogP contribution in [0.3, 0.4) is 0 Å². The van der Waals surface area contributed by atoms with E-state index in [-0.39, 0.29) is 23.9 Å². The van der Waals surface area contributed by atoms with Gasteiger partial charge in [-0.15, -0.1) is 0 Å². The van der Waals surface area contributed by atoms with Gasteiger partial charge in [-0.05, 0) is 45.1 Å². The summed E-state index contributed by atoms with van der Waals surface area (Å²) in [4.78, 5) is 49.6. The molecule has 0 aliphatic carbocycles. The lowest BCUT2D eigenvalue weighted by atomic mass is 10.0. The molecule has 0 aliphatic heterocycles. The van der Waals surface area contributed by atoms with Crippen LogP contribution in [0, 0.1) is 5.92 Å². The Labute approximate surface area is 193 Å². The highest BCUT2D eigenvalue weighted by Gasteiger charge is 2.31. The lowest BCUT2D eigenvalue weighted by Crippen LogP contribution is -2.56. The highest BCUT2D eigenvalue weighted by molar-refractivity contribution is 5.87. The van der Waals surface area contributed by atoms with Gasteiger partial charge in [-0.25, -0.2) is 4.79 Å². The Morgan fingerprint density at radius 2 is 1.70 bits per heavy atom. The predicted molar refractivity (Wildman–Crippen MR) is 126 cm³/mol. The number of amides is 2. The van der Waals surface area contributed by atoms with Crippen LogP contribution in [0.5, 0.6) is 5.75 Å². The van der Waals surface area contributed by atoms with Crippen LogP contribution in [-0.4, -0.2) is 37.3 Å². The molecule has 1 atom stereocenters. The van der Waals surface area contributed by atoms with E-state index in [1.165, 1.54) is 12.1 Å². The van der Waals surface area contributed by atoms with Gasteiger partial charge in [-0.3, -0.25) is 24.8 Å². The Morgan fingerprint density at radius 3 is 2.24 bits per heavy atom. The molecule has 0 bridgehead atoms. The zero-order valence-corrected chi connectivity index (χ0v) is 20.1. The molecule has 0 saturated heterocycles. The van der Waals surface area contributed by atoms with Gasteiger partial charge in [0.05, 0.1) is 7.11 Å². The fourth-order valence-electron chi connectivity index (χ4n) is 3.27. The van der Waals surface area contributed by atoms with E-state index in [2.05, 4.69) is 10.7 Å². The number of methoxy groups -OCH3 is 1. The monoisotopic (exact) mass is 459 g/mol. The van der Waals surface area contributed by atoms with Gasteiger partial charge in [-0.1, -0.05) is 44.2 Å². The van der Waals surface area contributed by atoms with E-state index in [0.29, 0.717) is 12.8 Å². The maximum absolute atomic E-state index is 13.1. The first-order chi connectivity index (χ1) is 15.4. The largest absolute Gasteiger partial charge is 0.490 e. The molecule has 180 valence electrons. The minimum atomic E-state index is -0.906. The van der Waals surface area contributed by atoms with Gasteiger partial charge in [0.15, 0.2) is 11.4 Å². The van der Waals surface area contributed by atoms with Crippen molar-refractivity contribution in [3.8, 4) is 5.75 Å². The van der Waals surface area contributed by atoms with Crippen LogP contribution in [0.25, 0.3) is 0 Å². The zero-order valence-electron chi connectivity index (χ0n) is 20.1. The molecule has 2 N–H and O–H groups in total. The number of anilines is 1. The number of rotatable bonds is 10. The van der Waals surface area contributed by atoms with Crippen LogP contribution < -0.4 is 31.3 Å². The number of nitrogens with zero attached hydrogens (tertiary/aromatic N) is 1. The third kappa shape index (κ3) is 7.34. The summed E-state index contributed by atoms with van der Waals surface area (Å²) < 4.78 is 10.4. The van der Waals surface area contributed by atoms with E-state index in [0.717, 1.165) is 5.56 Å². The molecule has 0 saturated carbocycles. The molecule has 2 aromatic carbocycles. The number of carbonyl (C=O) groups is 2. The second-order valence-corrected chi connectivity index (χ2v) is 9.23. The van der Waals surface area contributed by atoms with Gasteiger partial charge in [0, 0.05) is 6.54 Å². The summed E-state index contributed by atoms with van der Waals surface area (Å²) in [5.41, 5.74) is 1.48. The SMILES string of the molecule is COc1c(N(CCc2ccccc2)NC(=O)[C@H](CC(C)C)NC(=O)OC(C)(C)C)c(=O)c1=O. The number of hydrazine groups is 1. The van der Waals surface area contributed by atoms with Crippen LogP contribution in [0.2, 0.25) is 0 Å². The van der Waals surface area contributed by atoms with Crippen molar-refractivity contribution in [2.24, 2.45) is 5.92 Å². The number of hydrogen-bond acceptors (Lipinski definition) is 7. The van der Waals surface area contributed by atoms with Gasteiger partial charge in [0.25, 0.3) is 16.8 Å². The van der Waals surface area contributed by atoms with Crippen molar-refractivity contribution < 1.29 is 19.1 Å². The van der Waals surface area contributed by atoms with Gasteiger partial charge in [0.1, 0.15) is 11.6 Å². The average Bonchev–Trinajstić information content (AvgIpc) is 2.72. The normalized spacial score (nSPS) is 12.3. The first-order valence-electron chi connectivity index (χ1n) is 10.9. The third-order valence-electron chi connectivity index (χ3n) is 4.74. The van der Waals surface area contributed by atoms with E-state index in [4.69, 9.17) is 9.47 Å². The standard InChI is InChI=1S/C24H33N3O6/c1-15(2)14-17(25-23(31)33-24(3,4)5)22(30)26-27(13-12-16-10-8-7-9-11-16)18-19(28)20(29)21(18)32-6/h7-11,15,17H,12-14H2,1-6H3,(H,25,31)(H,26,30)/t17-/m0/s1. The Kier molecular flexibility index (Phi) is 8.62. The minimum Gasteiger partial charge on any atom is -0.490 e. The molecule has 2 rings (SSSR count). The molecule has 0 unspecified atom stereocenters. The second-order valence-electron chi connectivity index (χ2n) is 9.23. The van der Waals surface area contributed by atoms with E-state index in [1.807, 2.05) is 44.2 Å². The number of carbonyl (C=O) groups excluding carboxylic acids is 2. The maximum Gasteiger partial charge on any atom is 0.408 e. The lowest BCUT2D eigenvalue weighted by molar-refractivity contribution is -0.123. The van der Waals surface area contributed by atoms with Gasteiger partial charge < -0.3 is 14.8 Å². The average molecular weight is 460 g/mol. The summed E-state index contributed by atoms with van der Waals surface area (Å²) in [6.07, 6.45) is 0.129. The first kappa shape index (κ1) is 25.9. The maximum atomic E-state index is 13.1. The quantitative estimate of drug-likeness (QED) is 0.414. The molecule has 9 nitrogen and oxygen atoms in total. The van der Waals surface area contributed by atoms with Crippen molar-refractivity contribution in [1.29, 1.82) is 0 Å². The minimum absolute atomic E-state index is 0.00709. The van der Waals surface area contributed by atoms with Crippen LogP contribution in [0.4, 0.5) is 10.5 Å². The fourth-order valence-corrected chi connectivity index (χ4v) is 3.27. The summed E-state index contributed by atoms with van der Waals surface area (Å²) in [5.74, 6) is -0.541. The molecule has 0 radical (unpaired) electrons. The summed E-state index contributed by atoms with van der Waals surface area (Å²) in [6, 6.07) is 8.60. The molecule has 0 aliphatic rings. The van der Waals surface area contributed by atoms with E-state index in [9.17, 15) is 19.2 Å². The van der Waals surface area contributed by atoms with Gasteiger partial charge in [-0.2, -0.15) is 0 Å². The van der Waals surface area contributed by atoms with Crippen LogP contribution in [-0.2, 0) is 16.0 Å². The molecule has 9 heteroatoms. The number of alkyl carbamates (subject to hydrolysis) is 1. The zero-order chi connectivity index (χ0) is 24.8. The smallest absolute Gasteiger partial charge is 0.408 e. The lowest BCUT2D eigenvalue weighted by Gasteiger charge is -2.30. The van der Waals surface area contributed by atoms with E-state index < -0.39 is 34.5 Å². The molecule has 0 heterocycles. The van der Waals surface area contributed by atoms with Crippen LogP contribution in [0.1, 0.15) is 46.6 Å². The predicted octanol–water partition coefficient (Wildman–Crippen LogP) is 2.31. The molecule has 2 amide bonds. The third-order valence-corrected chi connectivity index (χ3v) is 4.74. The fraction of sp³-hybridized carbons (Fsp3) is 0.500. The second kappa shape index (κ2) is 11.0. The Morgan fingerprint density at radius 1 is 1.06 bits per heavy atom. The van der Waals surface area contributed by atoms with Crippen LogP contribution in [0.15, 0.2) is 39.9 Å². The Balaban J connectivity index is 2.24. The van der Waals surface area contributed by atoms with Gasteiger partial charge >= 0.3 is 6.09 Å². The number of benzene rings is 1. The first-order valence-corrected chi connectivity index (χ1v) is 10.9. The Hall–Kier alpha value is -3.36. The number of ether oxygens (including phenoxy) is 2. The van der Waals surface area contributed by atoms with Crippen molar-refractivity contribution in [3.63, 3.8) is 0 Å².